The van der Waals surface area contributed by atoms with E-state index in [2.05, 4.69) is 22.9 Å². The van der Waals surface area contributed by atoms with E-state index in [1.165, 1.54) is 0 Å². The lowest BCUT2D eigenvalue weighted by molar-refractivity contribution is -0.126. The number of amides is 2. The molecule has 0 spiro atoms. The molecule has 0 atom stereocenters. The van der Waals surface area contributed by atoms with Crippen molar-refractivity contribution in [2.75, 3.05) is 13.1 Å². The van der Waals surface area contributed by atoms with Crippen LogP contribution in [-0.2, 0) is 11.3 Å². The molecule has 0 aliphatic carbocycles. The molecule has 2 heterocycles. The van der Waals surface area contributed by atoms with Crippen LogP contribution in [0.5, 0.6) is 0 Å². The fourth-order valence-electron chi connectivity index (χ4n) is 3.83. The predicted molar refractivity (Wildman–Crippen MR) is 115 cm³/mol. The van der Waals surface area contributed by atoms with Gasteiger partial charge in [0.1, 0.15) is 5.70 Å². The molecule has 1 saturated heterocycles. The first-order valence-corrected chi connectivity index (χ1v) is 10.1. The summed E-state index contributed by atoms with van der Waals surface area (Å²) in [7, 11) is 0. The third-order valence-corrected chi connectivity index (χ3v) is 5.37. The minimum absolute atomic E-state index is 0.125. The number of nitrogens with zero attached hydrogens (tertiary/aromatic N) is 2. The number of hydrogen-bond donors (Lipinski definition) is 1. The Kier molecular flexibility index (Phi) is 5.47. The smallest absolute Gasteiger partial charge is 0.270 e. The zero-order valence-corrected chi connectivity index (χ0v) is 16.6. The van der Waals surface area contributed by atoms with Crippen LogP contribution in [0.2, 0.25) is 0 Å². The molecule has 0 radical (unpaired) electrons. The Morgan fingerprint density at radius 2 is 1.69 bits per heavy atom. The average Bonchev–Trinajstić information content (AvgIpc) is 3.42. The molecule has 5 heteroatoms. The number of carbonyl (C=O) groups excluding carboxylic acids is 2. The van der Waals surface area contributed by atoms with Crippen molar-refractivity contribution in [1.29, 1.82) is 0 Å². The van der Waals surface area contributed by atoms with Gasteiger partial charge >= 0.3 is 0 Å². The Labute approximate surface area is 170 Å². The van der Waals surface area contributed by atoms with Gasteiger partial charge in [0.15, 0.2) is 0 Å². The first-order valence-electron chi connectivity index (χ1n) is 10.1. The first-order chi connectivity index (χ1) is 14.2. The molecule has 2 aromatic carbocycles. The van der Waals surface area contributed by atoms with Crippen LogP contribution in [0.4, 0.5) is 0 Å². The monoisotopic (exact) mass is 387 g/mol. The van der Waals surface area contributed by atoms with Crippen LogP contribution in [0.15, 0.2) is 66.5 Å². The zero-order valence-electron chi connectivity index (χ0n) is 16.6. The van der Waals surface area contributed by atoms with E-state index >= 15 is 0 Å². The highest BCUT2D eigenvalue weighted by atomic mass is 16.2. The summed E-state index contributed by atoms with van der Waals surface area (Å²) in [4.78, 5) is 27.7. The van der Waals surface area contributed by atoms with E-state index in [1.54, 1.807) is 12.1 Å². The van der Waals surface area contributed by atoms with Crippen LogP contribution in [0.3, 0.4) is 0 Å². The summed E-state index contributed by atoms with van der Waals surface area (Å²) in [5.74, 6) is -0.399. The lowest BCUT2D eigenvalue weighted by Gasteiger charge is -2.18. The zero-order chi connectivity index (χ0) is 20.2. The van der Waals surface area contributed by atoms with Crippen molar-refractivity contribution in [3.8, 4) is 0 Å². The molecular weight excluding hydrogens is 362 g/mol. The highest BCUT2D eigenvalue weighted by molar-refractivity contribution is 6.06. The molecule has 0 saturated carbocycles. The van der Waals surface area contributed by atoms with E-state index in [4.69, 9.17) is 0 Å². The van der Waals surface area contributed by atoms with Crippen LogP contribution in [-0.4, -0.2) is 34.4 Å². The van der Waals surface area contributed by atoms with Crippen LogP contribution in [0.25, 0.3) is 17.0 Å². The van der Waals surface area contributed by atoms with Crippen LogP contribution in [0.1, 0.15) is 35.7 Å². The maximum Gasteiger partial charge on any atom is 0.270 e. The molecule has 3 aromatic rings. The van der Waals surface area contributed by atoms with Crippen molar-refractivity contribution < 1.29 is 9.59 Å². The molecular formula is C24H25N3O2. The highest BCUT2D eigenvalue weighted by Crippen LogP contribution is 2.24. The maximum absolute atomic E-state index is 13.2. The standard InChI is InChI=1S/C24H25N3O2/c1-2-26-17-19(20-12-6-7-13-22(20)26)16-21(24(29)27-14-8-9-15-27)25-23(28)18-10-4-3-5-11-18/h3-7,10-13,16-17H,2,8-9,14-15H2,1H3,(H,25,28)/b21-16-. The number of fused-ring (bicyclic) bond motifs is 1. The average molecular weight is 387 g/mol. The largest absolute Gasteiger partial charge is 0.347 e. The van der Waals surface area contributed by atoms with Gasteiger partial charge in [0, 0.05) is 47.9 Å². The number of hydrogen-bond acceptors (Lipinski definition) is 2. The Hall–Kier alpha value is -3.34. The summed E-state index contributed by atoms with van der Waals surface area (Å²) in [6.45, 7) is 4.38. The molecule has 5 nitrogen and oxygen atoms in total. The molecule has 1 aliphatic heterocycles. The second-order valence-corrected chi connectivity index (χ2v) is 7.27. The molecule has 29 heavy (non-hydrogen) atoms. The van der Waals surface area contributed by atoms with Gasteiger partial charge in [-0.1, -0.05) is 36.4 Å². The predicted octanol–water partition coefficient (Wildman–Crippen LogP) is 4.05. The molecule has 0 bridgehead atoms. The van der Waals surface area contributed by atoms with Gasteiger partial charge in [-0.3, -0.25) is 9.59 Å². The molecule has 1 fully saturated rings. The van der Waals surface area contributed by atoms with E-state index in [0.29, 0.717) is 11.3 Å². The van der Waals surface area contributed by atoms with E-state index < -0.39 is 0 Å². The van der Waals surface area contributed by atoms with E-state index in [-0.39, 0.29) is 11.8 Å². The Bertz CT molecular complexity index is 1060. The second-order valence-electron chi connectivity index (χ2n) is 7.27. The maximum atomic E-state index is 13.2. The fourth-order valence-corrected chi connectivity index (χ4v) is 3.83. The van der Waals surface area contributed by atoms with Gasteiger partial charge in [-0.2, -0.15) is 0 Å². The Morgan fingerprint density at radius 1 is 1.00 bits per heavy atom. The van der Waals surface area contributed by atoms with Crippen molar-refractivity contribution in [3.63, 3.8) is 0 Å². The number of aryl methyl sites for hydroxylation is 1. The van der Waals surface area contributed by atoms with Crippen molar-refractivity contribution in [2.45, 2.75) is 26.3 Å². The van der Waals surface area contributed by atoms with Crippen molar-refractivity contribution in [2.24, 2.45) is 0 Å². The summed E-state index contributed by atoms with van der Waals surface area (Å²) < 4.78 is 2.15. The number of nitrogens with one attached hydrogen (secondary N) is 1. The third kappa shape index (κ3) is 3.94. The molecule has 1 aromatic heterocycles. The van der Waals surface area contributed by atoms with Gasteiger partial charge in [0.05, 0.1) is 0 Å². The van der Waals surface area contributed by atoms with Crippen molar-refractivity contribution >= 4 is 28.8 Å². The Morgan fingerprint density at radius 3 is 2.41 bits per heavy atom. The van der Waals surface area contributed by atoms with Gasteiger partial charge < -0.3 is 14.8 Å². The van der Waals surface area contributed by atoms with E-state index in [9.17, 15) is 9.59 Å². The third-order valence-electron chi connectivity index (χ3n) is 5.37. The lowest BCUT2D eigenvalue weighted by Crippen LogP contribution is -2.36. The van der Waals surface area contributed by atoms with E-state index in [1.807, 2.05) is 53.6 Å². The van der Waals surface area contributed by atoms with Crippen LogP contribution < -0.4 is 5.32 Å². The SMILES string of the molecule is CCn1cc(/C=C(\NC(=O)c2ccccc2)C(=O)N2CCCC2)c2ccccc21. The minimum Gasteiger partial charge on any atom is -0.347 e. The summed E-state index contributed by atoms with van der Waals surface area (Å²) >= 11 is 0. The minimum atomic E-state index is -0.274. The van der Waals surface area contributed by atoms with Crippen molar-refractivity contribution in [3.05, 3.63) is 77.6 Å². The van der Waals surface area contributed by atoms with Gasteiger partial charge in [-0.15, -0.1) is 0 Å². The fraction of sp³-hybridized carbons (Fsp3) is 0.250. The van der Waals surface area contributed by atoms with E-state index in [0.717, 1.165) is 48.9 Å². The van der Waals surface area contributed by atoms with Gasteiger partial charge in [0.25, 0.3) is 11.8 Å². The normalized spacial score (nSPS) is 14.4. The molecule has 148 valence electrons. The number of aromatic nitrogens is 1. The molecule has 1 N–H and O–H groups in total. The van der Waals surface area contributed by atoms with Gasteiger partial charge in [-0.05, 0) is 44.0 Å². The van der Waals surface area contributed by atoms with Crippen LogP contribution in [0, 0.1) is 0 Å². The Balaban J connectivity index is 1.74. The van der Waals surface area contributed by atoms with Crippen molar-refractivity contribution in [1.82, 2.24) is 14.8 Å². The summed E-state index contributed by atoms with van der Waals surface area (Å²) in [6, 6.07) is 17.1. The van der Waals surface area contributed by atoms with Gasteiger partial charge in [-0.25, -0.2) is 0 Å². The number of carbonyl (C=O) groups is 2. The summed E-state index contributed by atoms with van der Waals surface area (Å²) in [5.41, 5.74) is 2.89. The highest BCUT2D eigenvalue weighted by Gasteiger charge is 2.24. The quantitative estimate of drug-likeness (QED) is 0.672. The number of rotatable bonds is 5. The summed E-state index contributed by atoms with van der Waals surface area (Å²) in [5, 5.41) is 3.94. The first kappa shape index (κ1) is 19.0. The second kappa shape index (κ2) is 8.35. The number of benzene rings is 2. The molecule has 4 rings (SSSR count). The number of para-hydroxylation sites is 1. The molecule has 0 unspecified atom stereocenters. The van der Waals surface area contributed by atoms with Crippen LogP contribution >= 0.6 is 0 Å². The lowest BCUT2D eigenvalue weighted by atomic mass is 10.1. The number of likely N-dealkylation sites (tertiary alicyclic amines) is 1. The topological polar surface area (TPSA) is 54.3 Å². The van der Waals surface area contributed by atoms with Gasteiger partial charge in [0.2, 0.25) is 0 Å². The summed E-state index contributed by atoms with van der Waals surface area (Å²) in [6.07, 6.45) is 5.86. The molecule has 1 aliphatic rings. The molecule has 2 amide bonds.